The number of aryl methyl sites for hydroxylation is 2. The molecule has 3 rings (SSSR count). The fourth-order valence-corrected chi connectivity index (χ4v) is 3.99. The van der Waals surface area contributed by atoms with Crippen molar-refractivity contribution in [2.45, 2.75) is 32.1 Å². The molecule has 19 heavy (non-hydrogen) atoms. The number of carbonyl (C=O) groups excluding carboxylic acids is 1. The molecule has 1 saturated heterocycles. The van der Waals surface area contributed by atoms with Crippen molar-refractivity contribution in [3.05, 3.63) is 21.4 Å². The van der Waals surface area contributed by atoms with Crippen LogP contribution < -0.4 is 10.6 Å². The summed E-state index contributed by atoms with van der Waals surface area (Å²) < 4.78 is 0. The highest BCUT2D eigenvalue weighted by Crippen LogP contribution is 2.29. The van der Waals surface area contributed by atoms with Crippen LogP contribution >= 0.6 is 23.7 Å². The molecule has 5 heteroatoms. The van der Waals surface area contributed by atoms with Crippen molar-refractivity contribution in [1.29, 1.82) is 0 Å². The van der Waals surface area contributed by atoms with E-state index in [1.54, 1.807) is 11.3 Å². The molecule has 1 aromatic heterocycles. The number of carbonyl (C=O) groups is 1. The quantitative estimate of drug-likeness (QED) is 0.900. The lowest BCUT2D eigenvalue weighted by Gasteiger charge is -2.08. The molecule has 2 heterocycles. The van der Waals surface area contributed by atoms with Crippen molar-refractivity contribution in [3.8, 4) is 0 Å². The van der Waals surface area contributed by atoms with E-state index < -0.39 is 0 Å². The van der Waals surface area contributed by atoms with Crippen molar-refractivity contribution >= 4 is 29.7 Å². The topological polar surface area (TPSA) is 41.1 Å². The molecule has 1 unspecified atom stereocenters. The molecule has 0 bridgehead atoms. The van der Waals surface area contributed by atoms with Crippen molar-refractivity contribution in [1.82, 2.24) is 10.6 Å². The molecule has 0 aromatic carbocycles. The smallest absolute Gasteiger partial charge is 0.261 e. The number of fused-ring (bicyclic) bond motifs is 1. The summed E-state index contributed by atoms with van der Waals surface area (Å²) in [5.41, 5.74) is 1.42. The largest absolute Gasteiger partial charge is 0.351 e. The molecule has 1 fully saturated rings. The number of nitrogens with one attached hydrogen (secondary N) is 2. The van der Waals surface area contributed by atoms with E-state index in [1.807, 2.05) is 0 Å². The molecule has 1 aliphatic carbocycles. The zero-order chi connectivity index (χ0) is 12.4. The van der Waals surface area contributed by atoms with E-state index in [0.29, 0.717) is 5.92 Å². The second kappa shape index (κ2) is 6.73. The van der Waals surface area contributed by atoms with Crippen molar-refractivity contribution in [3.63, 3.8) is 0 Å². The molecule has 0 radical (unpaired) electrons. The molecule has 1 atom stereocenters. The third kappa shape index (κ3) is 3.50. The van der Waals surface area contributed by atoms with Gasteiger partial charge in [0.25, 0.3) is 5.91 Å². The summed E-state index contributed by atoms with van der Waals surface area (Å²) in [5, 5.41) is 6.41. The molecule has 1 aliphatic heterocycles. The summed E-state index contributed by atoms with van der Waals surface area (Å²) in [6.07, 6.45) is 6.06. The van der Waals surface area contributed by atoms with E-state index in [4.69, 9.17) is 0 Å². The summed E-state index contributed by atoms with van der Waals surface area (Å²) in [6, 6.07) is 2.11. The number of halogens is 1. The van der Waals surface area contributed by atoms with Crippen LogP contribution in [0.1, 0.15) is 39.4 Å². The van der Waals surface area contributed by atoms with Gasteiger partial charge >= 0.3 is 0 Å². The Hall–Kier alpha value is -0.580. The normalized spacial score (nSPS) is 21.6. The lowest BCUT2D eigenvalue weighted by molar-refractivity contribution is 0.0952. The van der Waals surface area contributed by atoms with Crippen LogP contribution in [-0.4, -0.2) is 25.5 Å². The van der Waals surface area contributed by atoms with Gasteiger partial charge in [0.15, 0.2) is 0 Å². The van der Waals surface area contributed by atoms with Gasteiger partial charge in [-0.1, -0.05) is 0 Å². The predicted octanol–water partition coefficient (Wildman–Crippen LogP) is 2.39. The van der Waals surface area contributed by atoms with Crippen LogP contribution in [0.4, 0.5) is 0 Å². The Morgan fingerprint density at radius 1 is 1.42 bits per heavy atom. The SMILES string of the molecule is Cl.O=C(NCC1CCNC1)c1cc2c(s1)CCCC2. The van der Waals surface area contributed by atoms with Crippen molar-refractivity contribution in [2.24, 2.45) is 5.92 Å². The minimum atomic E-state index is 0. The Labute approximate surface area is 124 Å². The maximum Gasteiger partial charge on any atom is 0.261 e. The summed E-state index contributed by atoms with van der Waals surface area (Å²) in [6.45, 7) is 2.95. The Balaban J connectivity index is 0.00000133. The summed E-state index contributed by atoms with van der Waals surface area (Å²) in [5.74, 6) is 0.741. The number of hydrogen-bond donors (Lipinski definition) is 2. The Bertz CT molecular complexity index is 417. The van der Waals surface area contributed by atoms with Crippen LogP contribution in [0.5, 0.6) is 0 Å². The lowest BCUT2D eigenvalue weighted by atomic mass is 9.99. The maximum atomic E-state index is 12.1. The fraction of sp³-hybridized carbons (Fsp3) is 0.643. The van der Waals surface area contributed by atoms with Gasteiger partial charge < -0.3 is 10.6 Å². The van der Waals surface area contributed by atoms with E-state index in [-0.39, 0.29) is 18.3 Å². The average Bonchev–Trinajstić information content (AvgIpc) is 3.04. The Morgan fingerprint density at radius 3 is 3.00 bits per heavy atom. The molecule has 0 saturated carbocycles. The minimum Gasteiger partial charge on any atom is -0.351 e. The highest BCUT2D eigenvalue weighted by molar-refractivity contribution is 7.14. The molecule has 1 aromatic rings. The fourth-order valence-electron chi connectivity index (χ4n) is 2.82. The molecule has 2 N–H and O–H groups in total. The van der Waals surface area contributed by atoms with Gasteiger partial charge in [-0.05, 0) is 62.7 Å². The van der Waals surface area contributed by atoms with Gasteiger partial charge in [-0.15, -0.1) is 23.7 Å². The average molecular weight is 301 g/mol. The first kappa shape index (κ1) is 14.8. The zero-order valence-corrected chi connectivity index (χ0v) is 12.7. The molecule has 1 amide bonds. The first-order chi connectivity index (χ1) is 8.83. The van der Waals surface area contributed by atoms with Crippen LogP contribution in [0.2, 0.25) is 0 Å². The van der Waals surface area contributed by atoms with Gasteiger partial charge in [0.2, 0.25) is 0 Å². The third-order valence-electron chi connectivity index (χ3n) is 3.93. The summed E-state index contributed by atoms with van der Waals surface area (Å²) >= 11 is 1.70. The number of rotatable bonds is 3. The molecule has 106 valence electrons. The third-order valence-corrected chi connectivity index (χ3v) is 5.17. The first-order valence-electron chi connectivity index (χ1n) is 6.93. The van der Waals surface area contributed by atoms with E-state index in [9.17, 15) is 4.79 Å². The number of hydrogen-bond acceptors (Lipinski definition) is 3. The second-order valence-electron chi connectivity index (χ2n) is 5.34. The first-order valence-corrected chi connectivity index (χ1v) is 7.75. The van der Waals surface area contributed by atoms with Crippen LogP contribution in [0.25, 0.3) is 0 Å². The molecule has 3 nitrogen and oxygen atoms in total. The van der Waals surface area contributed by atoms with Crippen LogP contribution in [0, 0.1) is 5.92 Å². The van der Waals surface area contributed by atoms with Gasteiger partial charge in [-0.2, -0.15) is 0 Å². The highest BCUT2D eigenvalue weighted by atomic mass is 35.5. The maximum absolute atomic E-state index is 12.1. The molecular formula is C14H21ClN2OS. The lowest BCUT2D eigenvalue weighted by Crippen LogP contribution is -2.29. The van der Waals surface area contributed by atoms with E-state index in [2.05, 4.69) is 16.7 Å². The molecule has 2 aliphatic rings. The van der Waals surface area contributed by atoms with E-state index in [1.165, 1.54) is 36.1 Å². The van der Waals surface area contributed by atoms with Gasteiger partial charge in [0.1, 0.15) is 0 Å². The van der Waals surface area contributed by atoms with Crippen LogP contribution in [0.15, 0.2) is 6.07 Å². The second-order valence-corrected chi connectivity index (χ2v) is 6.47. The van der Waals surface area contributed by atoms with E-state index >= 15 is 0 Å². The Kier molecular flexibility index (Phi) is 5.25. The molecule has 0 spiro atoms. The van der Waals surface area contributed by atoms with Gasteiger partial charge in [0.05, 0.1) is 4.88 Å². The summed E-state index contributed by atoms with van der Waals surface area (Å²) in [4.78, 5) is 14.4. The van der Waals surface area contributed by atoms with Crippen molar-refractivity contribution in [2.75, 3.05) is 19.6 Å². The van der Waals surface area contributed by atoms with Crippen molar-refractivity contribution < 1.29 is 4.79 Å². The van der Waals surface area contributed by atoms with Gasteiger partial charge in [0, 0.05) is 11.4 Å². The standard InChI is InChI=1S/C14H20N2OS.ClH/c17-14(16-9-10-5-6-15-8-10)13-7-11-3-1-2-4-12(11)18-13;/h7,10,15H,1-6,8-9H2,(H,16,17);1H. The predicted molar refractivity (Wildman–Crippen MR) is 81.5 cm³/mol. The highest BCUT2D eigenvalue weighted by Gasteiger charge is 2.19. The number of amides is 1. The van der Waals surface area contributed by atoms with Crippen LogP contribution in [0.3, 0.4) is 0 Å². The number of thiophene rings is 1. The summed E-state index contributed by atoms with van der Waals surface area (Å²) in [7, 11) is 0. The van der Waals surface area contributed by atoms with Gasteiger partial charge in [-0.25, -0.2) is 0 Å². The van der Waals surface area contributed by atoms with Crippen LogP contribution in [-0.2, 0) is 12.8 Å². The monoisotopic (exact) mass is 300 g/mol. The zero-order valence-electron chi connectivity index (χ0n) is 11.0. The molecular weight excluding hydrogens is 280 g/mol. The Morgan fingerprint density at radius 2 is 2.26 bits per heavy atom. The van der Waals surface area contributed by atoms with E-state index in [0.717, 1.165) is 30.9 Å². The van der Waals surface area contributed by atoms with Gasteiger partial charge in [-0.3, -0.25) is 4.79 Å². The minimum absolute atomic E-state index is 0.